The van der Waals surface area contributed by atoms with Gasteiger partial charge in [-0.3, -0.25) is 0 Å². The van der Waals surface area contributed by atoms with Crippen molar-refractivity contribution in [2.24, 2.45) is 5.73 Å². The molecule has 92 valence electrons. The fraction of sp³-hybridized carbons (Fsp3) is 0.417. The van der Waals surface area contributed by atoms with Gasteiger partial charge in [-0.15, -0.1) is 0 Å². The van der Waals surface area contributed by atoms with Gasteiger partial charge in [0, 0.05) is 6.21 Å². The summed E-state index contributed by atoms with van der Waals surface area (Å²) in [5, 5.41) is 7.02. The maximum absolute atomic E-state index is 7.02. The van der Waals surface area contributed by atoms with E-state index >= 15 is 0 Å². The van der Waals surface area contributed by atoms with E-state index in [1.807, 2.05) is 13.8 Å². The summed E-state index contributed by atoms with van der Waals surface area (Å²) in [4.78, 5) is 0. The van der Waals surface area contributed by atoms with Crippen molar-refractivity contribution in [1.29, 1.82) is 5.41 Å². The lowest BCUT2D eigenvalue weighted by molar-refractivity contribution is 0.355. The van der Waals surface area contributed by atoms with Crippen LogP contribution < -0.4 is 15.2 Å². The largest absolute Gasteiger partial charge is 0.493 e. The van der Waals surface area contributed by atoms with Gasteiger partial charge in [0.25, 0.3) is 0 Å². The normalized spacial score (nSPS) is 7.62. The molecule has 0 atom stereocenters. The van der Waals surface area contributed by atoms with Crippen molar-refractivity contribution < 1.29 is 9.47 Å². The van der Waals surface area contributed by atoms with E-state index in [2.05, 4.69) is 5.73 Å². The molecule has 3 N–H and O–H groups in total. The second-order valence-corrected chi connectivity index (χ2v) is 2.26. The average molecular weight is 226 g/mol. The highest BCUT2D eigenvalue weighted by molar-refractivity contribution is 5.78. The van der Waals surface area contributed by atoms with Crippen molar-refractivity contribution in [3.05, 3.63) is 23.8 Å². The maximum Gasteiger partial charge on any atom is 0.161 e. The number of hydrogen-bond acceptors (Lipinski definition) is 4. The van der Waals surface area contributed by atoms with Crippen LogP contribution in [0.25, 0.3) is 0 Å². The third-order valence-corrected chi connectivity index (χ3v) is 1.57. The van der Waals surface area contributed by atoms with Crippen LogP contribution in [0.5, 0.6) is 11.5 Å². The Morgan fingerprint density at radius 3 is 1.94 bits per heavy atom. The van der Waals surface area contributed by atoms with Crippen LogP contribution in [0.2, 0.25) is 0 Å². The van der Waals surface area contributed by atoms with Gasteiger partial charge in [-0.05, 0) is 30.8 Å². The Balaban J connectivity index is 0. The summed E-state index contributed by atoms with van der Waals surface area (Å²) in [6.07, 6.45) is 1.27. The summed E-state index contributed by atoms with van der Waals surface area (Å²) < 4.78 is 10.1. The first-order valence-corrected chi connectivity index (χ1v) is 5.12. The molecule has 0 aromatic heterocycles. The SMILES string of the molecule is CC.CN.COc1ccc(C=N)cc1OC. The van der Waals surface area contributed by atoms with E-state index in [0.717, 1.165) is 5.56 Å². The van der Waals surface area contributed by atoms with Crippen LogP contribution in [0.15, 0.2) is 18.2 Å². The number of benzene rings is 1. The molecular formula is C12H22N2O2. The molecular weight excluding hydrogens is 204 g/mol. The molecule has 0 saturated carbocycles. The number of methoxy groups -OCH3 is 2. The van der Waals surface area contributed by atoms with Gasteiger partial charge in [0.2, 0.25) is 0 Å². The third-order valence-electron chi connectivity index (χ3n) is 1.57. The number of nitrogens with two attached hydrogens (primary N) is 1. The standard InChI is InChI=1S/C9H11NO2.C2H6.CH5N/c1-11-8-4-3-7(6-10)5-9(8)12-2;2*1-2/h3-6,10H,1-2H3;1-2H3;2H2,1H3. The fourth-order valence-electron chi connectivity index (χ4n) is 0.943. The van der Waals surface area contributed by atoms with E-state index in [9.17, 15) is 0 Å². The number of hydrogen-bond donors (Lipinski definition) is 2. The molecule has 0 radical (unpaired) electrons. The molecule has 0 fully saturated rings. The Hall–Kier alpha value is -1.55. The molecule has 0 bridgehead atoms. The smallest absolute Gasteiger partial charge is 0.161 e. The van der Waals surface area contributed by atoms with E-state index in [4.69, 9.17) is 14.9 Å². The lowest BCUT2D eigenvalue weighted by atomic mass is 10.2. The summed E-state index contributed by atoms with van der Waals surface area (Å²) in [7, 11) is 4.66. The van der Waals surface area contributed by atoms with E-state index in [0.29, 0.717) is 11.5 Å². The van der Waals surface area contributed by atoms with Gasteiger partial charge in [0.15, 0.2) is 11.5 Å². The van der Waals surface area contributed by atoms with Gasteiger partial charge in [-0.2, -0.15) is 0 Å². The Kier molecular flexibility index (Phi) is 12.1. The molecule has 1 aromatic carbocycles. The first-order chi connectivity index (χ1) is 7.81. The zero-order valence-electron chi connectivity index (χ0n) is 10.7. The van der Waals surface area contributed by atoms with Crippen molar-refractivity contribution in [3.63, 3.8) is 0 Å². The van der Waals surface area contributed by atoms with Crippen molar-refractivity contribution in [3.8, 4) is 11.5 Å². The molecule has 0 saturated heterocycles. The Morgan fingerprint density at radius 2 is 1.56 bits per heavy atom. The van der Waals surface area contributed by atoms with Crippen LogP contribution in [0.3, 0.4) is 0 Å². The van der Waals surface area contributed by atoms with Gasteiger partial charge in [-0.1, -0.05) is 13.8 Å². The van der Waals surface area contributed by atoms with E-state index < -0.39 is 0 Å². The molecule has 0 aliphatic rings. The second-order valence-electron chi connectivity index (χ2n) is 2.26. The molecule has 0 spiro atoms. The molecule has 0 amide bonds. The van der Waals surface area contributed by atoms with Crippen molar-refractivity contribution in [1.82, 2.24) is 0 Å². The minimum absolute atomic E-state index is 0.651. The predicted molar refractivity (Wildman–Crippen MR) is 68.9 cm³/mol. The summed E-state index contributed by atoms with van der Waals surface area (Å²) in [5.74, 6) is 1.33. The van der Waals surface area contributed by atoms with Crippen LogP contribution in [0.4, 0.5) is 0 Å². The zero-order chi connectivity index (χ0) is 13.0. The molecule has 1 rings (SSSR count). The number of nitrogens with one attached hydrogen (secondary N) is 1. The molecule has 1 aromatic rings. The van der Waals surface area contributed by atoms with Crippen LogP contribution in [0, 0.1) is 5.41 Å². The lowest BCUT2D eigenvalue weighted by Crippen LogP contribution is -1.91. The molecule has 0 aliphatic heterocycles. The summed E-state index contributed by atoms with van der Waals surface area (Å²) >= 11 is 0. The van der Waals surface area contributed by atoms with Crippen molar-refractivity contribution in [2.75, 3.05) is 21.3 Å². The van der Waals surface area contributed by atoms with Gasteiger partial charge in [0.05, 0.1) is 14.2 Å². The molecule has 16 heavy (non-hydrogen) atoms. The maximum atomic E-state index is 7.02. The summed E-state index contributed by atoms with van der Waals surface area (Å²) in [6.45, 7) is 4.00. The van der Waals surface area contributed by atoms with E-state index in [1.54, 1.807) is 32.4 Å². The summed E-state index contributed by atoms with van der Waals surface area (Å²) in [6, 6.07) is 5.33. The van der Waals surface area contributed by atoms with Crippen LogP contribution in [-0.2, 0) is 0 Å². The third kappa shape index (κ3) is 5.36. The van der Waals surface area contributed by atoms with E-state index in [-0.39, 0.29) is 0 Å². The molecule has 4 nitrogen and oxygen atoms in total. The van der Waals surface area contributed by atoms with Gasteiger partial charge >= 0.3 is 0 Å². The second kappa shape index (κ2) is 11.5. The minimum Gasteiger partial charge on any atom is -0.493 e. The minimum atomic E-state index is 0.651. The Morgan fingerprint density at radius 1 is 1.06 bits per heavy atom. The average Bonchev–Trinajstić information content (AvgIpc) is 2.42. The zero-order valence-corrected chi connectivity index (χ0v) is 10.7. The number of rotatable bonds is 3. The highest BCUT2D eigenvalue weighted by Gasteiger charge is 2.01. The fourth-order valence-corrected chi connectivity index (χ4v) is 0.943. The Labute approximate surface area is 97.9 Å². The Bertz CT molecular complexity index is 288. The monoisotopic (exact) mass is 226 g/mol. The highest BCUT2D eigenvalue weighted by atomic mass is 16.5. The predicted octanol–water partition coefficient (Wildman–Crippen LogP) is 2.30. The molecule has 4 heteroatoms. The van der Waals surface area contributed by atoms with Gasteiger partial charge in [0.1, 0.15) is 0 Å². The number of ether oxygens (including phenoxy) is 2. The van der Waals surface area contributed by atoms with Crippen LogP contribution >= 0.6 is 0 Å². The first-order valence-electron chi connectivity index (χ1n) is 5.12. The highest BCUT2D eigenvalue weighted by Crippen LogP contribution is 2.26. The molecule has 0 unspecified atom stereocenters. The summed E-state index contributed by atoms with van der Waals surface area (Å²) in [5.41, 5.74) is 5.30. The van der Waals surface area contributed by atoms with Crippen molar-refractivity contribution in [2.45, 2.75) is 13.8 Å². The van der Waals surface area contributed by atoms with E-state index in [1.165, 1.54) is 13.3 Å². The topological polar surface area (TPSA) is 68.3 Å². The first kappa shape index (κ1) is 16.9. The van der Waals surface area contributed by atoms with Crippen molar-refractivity contribution >= 4 is 6.21 Å². The van der Waals surface area contributed by atoms with Gasteiger partial charge in [-0.25, -0.2) is 0 Å². The molecule has 0 aliphatic carbocycles. The van der Waals surface area contributed by atoms with Crippen LogP contribution in [0.1, 0.15) is 19.4 Å². The molecule has 0 heterocycles. The van der Waals surface area contributed by atoms with Gasteiger partial charge < -0.3 is 20.6 Å². The van der Waals surface area contributed by atoms with Crippen LogP contribution in [-0.4, -0.2) is 27.5 Å². The quantitative estimate of drug-likeness (QED) is 0.777. The lowest BCUT2D eigenvalue weighted by Gasteiger charge is -2.06.